The summed E-state index contributed by atoms with van der Waals surface area (Å²) in [7, 11) is 0. The average molecular weight is 324 g/mol. The predicted octanol–water partition coefficient (Wildman–Crippen LogP) is 2.86. The SMILES string of the molecule is CCCN(CC(F)(F)F)C(=O)NC(C(=O)O)c1cccs1. The van der Waals surface area contributed by atoms with E-state index in [4.69, 9.17) is 5.11 Å². The Balaban J connectivity index is 2.81. The molecule has 1 unspecified atom stereocenters. The van der Waals surface area contributed by atoms with Crippen LogP contribution in [-0.2, 0) is 4.79 Å². The normalized spacial score (nSPS) is 12.8. The maximum Gasteiger partial charge on any atom is 0.406 e. The molecule has 0 saturated heterocycles. The lowest BCUT2D eigenvalue weighted by Crippen LogP contribution is -2.47. The summed E-state index contributed by atoms with van der Waals surface area (Å²) in [6.45, 7) is 0.107. The number of carbonyl (C=O) groups is 2. The van der Waals surface area contributed by atoms with Crippen molar-refractivity contribution in [2.45, 2.75) is 25.6 Å². The molecule has 0 bridgehead atoms. The quantitative estimate of drug-likeness (QED) is 0.845. The zero-order chi connectivity index (χ0) is 16.0. The summed E-state index contributed by atoms with van der Waals surface area (Å²) >= 11 is 1.10. The van der Waals surface area contributed by atoms with Crippen molar-refractivity contribution in [2.75, 3.05) is 13.1 Å². The van der Waals surface area contributed by atoms with Gasteiger partial charge in [-0.3, -0.25) is 0 Å². The highest BCUT2D eigenvalue weighted by Gasteiger charge is 2.34. The molecule has 0 spiro atoms. The Morgan fingerprint density at radius 2 is 2.14 bits per heavy atom. The Labute approximate surface area is 123 Å². The zero-order valence-electron chi connectivity index (χ0n) is 11.2. The van der Waals surface area contributed by atoms with Crippen LogP contribution in [0.2, 0.25) is 0 Å². The fourth-order valence-corrected chi connectivity index (χ4v) is 2.43. The first-order chi connectivity index (χ1) is 9.74. The van der Waals surface area contributed by atoms with Crippen LogP contribution >= 0.6 is 11.3 Å². The van der Waals surface area contributed by atoms with Gasteiger partial charge in [-0.15, -0.1) is 11.3 Å². The second-order valence-electron chi connectivity index (χ2n) is 4.27. The number of hydrogen-bond donors (Lipinski definition) is 2. The number of carbonyl (C=O) groups excluding carboxylic acids is 1. The lowest BCUT2D eigenvalue weighted by Gasteiger charge is -2.25. The van der Waals surface area contributed by atoms with Crippen molar-refractivity contribution in [3.05, 3.63) is 22.4 Å². The van der Waals surface area contributed by atoms with Gasteiger partial charge in [0.15, 0.2) is 6.04 Å². The number of nitrogens with zero attached hydrogens (tertiary/aromatic N) is 1. The van der Waals surface area contributed by atoms with E-state index < -0.39 is 30.8 Å². The van der Waals surface area contributed by atoms with Crippen molar-refractivity contribution >= 4 is 23.3 Å². The molecule has 0 radical (unpaired) electrons. The van der Waals surface area contributed by atoms with E-state index >= 15 is 0 Å². The van der Waals surface area contributed by atoms with Crippen molar-refractivity contribution in [2.24, 2.45) is 0 Å². The molecular weight excluding hydrogens is 309 g/mol. The van der Waals surface area contributed by atoms with Gasteiger partial charge < -0.3 is 15.3 Å². The van der Waals surface area contributed by atoms with E-state index in [0.717, 1.165) is 11.3 Å². The molecule has 0 aliphatic rings. The summed E-state index contributed by atoms with van der Waals surface area (Å²) < 4.78 is 37.3. The van der Waals surface area contributed by atoms with E-state index in [1.165, 1.54) is 6.07 Å². The van der Waals surface area contributed by atoms with Crippen LogP contribution in [0, 0.1) is 0 Å². The third-order valence-electron chi connectivity index (χ3n) is 2.49. The van der Waals surface area contributed by atoms with Crippen LogP contribution in [-0.4, -0.2) is 41.3 Å². The maximum absolute atomic E-state index is 12.4. The lowest BCUT2D eigenvalue weighted by atomic mass is 10.2. The number of halogens is 3. The molecule has 2 N–H and O–H groups in total. The average Bonchev–Trinajstić information content (AvgIpc) is 2.86. The van der Waals surface area contributed by atoms with Crippen LogP contribution in [0.25, 0.3) is 0 Å². The third kappa shape index (κ3) is 5.62. The third-order valence-corrected chi connectivity index (χ3v) is 3.43. The Bertz CT molecular complexity index is 477. The number of carboxylic acids is 1. The smallest absolute Gasteiger partial charge is 0.406 e. The van der Waals surface area contributed by atoms with E-state index in [1.54, 1.807) is 18.4 Å². The largest absolute Gasteiger partial charge is 0.479 e. The first kappa shape index (κ1) is 17.3. The van der Waals surface area contributed by atoms with Gasteiger partial charge in [0.1, 0.15) is 6.54 Å². The van der Waals surface area contributed by atoms with Gasteiger partial charge in [-0.2, -0.15) is 13.2 Å². The minimum Gasteiger partial charge on any atom is -0.479 e. The van der Waals surface area contributed by atoms with Crippen LogP contribution in [0.3, 0.4) is 0 Å². The molecule has 118 valence electrons. The Hall–Kier alpha value is -1.77. The van der Waals surface area contributed by atoms with E-state index in [0.29, 0.717) is 16.2 Å². The van der Waals surface area contributed by atoms with Crippen molar-refractivity contribution < 1.29 is 27.9 Å². The highest BCUT2D eigenvalue weighted by atomic mass is 32.1. The van der Waals surface area contributed by atoms with Gasteiger partial charge in [0.05, 0.1) is 0 Å². The summed E-state index contributed by atoms with van der Waals surface area (Å²) in [6, 6.07) is 0.694. The first-order valence-electron chi connectivity index (χ1n) is 6.13. The molecule has 5 nitrogen and oxygen atoms in total. The number of aliphatic carboxylic acids is 1. The van der Waals surface area contributed by atoms with Crippen LogP contribution in [0.4, 0.5) is 18.0 Å². The van der Waals surface area contributed by atoms with Gasteiger partial charge in [-0.1, -0.05) is 13.0 Å². The number of carboxylic acid groups (broad SMARTS) is 1. The number of alkyl halides is 3. The minimum atomic E-state index is -4.53. The minimum absolute atomic E-state index is 0.109. The van der Waals surface area contributed by atoms with E-state index in [-0.39, 0.29) is 6.54 Å². The molecule has 1 aromatic rings. The fraction of sp³-hybridized carbons (Fsp3) is 0.500. The Morgan fingerprint density at radius 1 is 1.48 bits per heavy atom. The summed E-state index contributed by atoms with van der Waals surface area (Å²) in [6.07, 6.45) is -4.20. The molecule has 1 rings (SSSR count). The lowest BCUT2D eigenvalue weighted by molar-refractivity contribution is -0.141. The Kier molecular flexibility index (Phi) is 6.01. The standard InChI is InChI=1S/C12H15F3N2O3S/c1-2-5-17(7-12(13,14)15)11(20)16-9(10(18)19)8-4-3-6-21-8/h3-4,6,9H,2,5,7H2,1H3,(H,16,20)(H,18,19). The van der Waals surface area contributed by atoms with Gasteiger partial charge in [0.25, 0.3) is 0 Å². The molecule has 0 aromatic carbocycles. The van der Waals surface area contributed by atoms with Crippen molar-refractivity contribution in [1.82, 2.24) is 10.2 Å². The van der Waals surface area contributed by atoms with Crippen molar-refractivity contribution in [3.8, 4) is 0 Å². The summed E-state index contributed by atoms with van der Waals surface area (Å²) in [5.74, 6) is -1.32. The monoisotopic (exact) mass is 324 g/mol. The molecule has 0 saturated carbocycles. The fourth-order valence-electron chi connectivity index (χ4n) is 1.66. The summed E-state index contributed by atoms with van der Waals surface area (Å²) in [5, 5.41) is 12.8. The van der Waals surface area contributed by atoms with E-state index in [9.17, 15) is 22.8 Å². The topological polar surface area (TPSA) is 69.6 Å². The molecule has 0 aliphatic heterocycles. The number of urea groups is 1. The van der Waals surface area contributed by atoms with E-state index in [2.05, 4.69) is 5.32 Å². The van der Waals surface area contributed by atoms with Gasteiger partial charge >= 0.3 is 18.2 Å². The molecule has 0 fully saturated rings. The van der Waals surface area contributed by atoms with Gasteiger partial charge in [0, 0.05) is 11.4 Å². The predicted molar refractivity (Wildman–Crippen MR) is 71.1 cm³/mol. The first-order valence-corrected chi connectivity index (χ1v) is 7.01. The van der Waals surface area contributed by atoms with Crippen LogP contribution in [0.1, 0.15) is 24.3 Å². The molecule has 21 heavy (non-hydrogen) atoms. The second kappa shape index (κ2) is 7.30. The number of nitrogens with one attached hydrogen (secondary N) is 1. The van der Waals surface area contributed by atoms with Crippen molar-refractivity contribution in [1.29, 1.82) is 0 Å². The van der Waals surface area contributed by atoms with E-state index in [1.807, 2.05) is 0 Å². The molecule has 1 aromatic heterocycles. The molecule has 0 aliphatic carbocycles. The molecule has 1 heterocycles. The van der Waals surface area contributed by atoms with Gasteiger partial charge in [0.2, 0.25) is 0 Å². The molecular formula is C12H15F3N2O3S. The second-order valence-corrected chi connectivity index (χ2v) is 5.25. The van der Waals surface area contributed by atoms with Gasteiger partial charge in [-0.05, 0) is 17.9 Å². The maximum atomic E-state index is 12.4. The van der Waals surface area contributed by atoms with Crippen LogP contribution in [0.15, 0.2) is 17.5 Å². The Morgan fingerprint density at radius 3 is 2.57 bits per heavy atom. The summed E-state index contributed by atoms with van der Waals surface area (Å²) in [4.78, 5) is 23.9. The van der Waals surface area contributed by atoms with Gasteiger partial charge in [-0.25, -0.2) is 9.59 Å². The van der Waals surface area contributed by atoms with Crippen molar-refractivity contribution in [3.63, 3.8) is 0 Å². The summed E-state index contributed by atoms with van der Waals surface area (Å²) in [5.41, 5.74) is 0. The highest BCUT2D eigenvalue weighted by molar-refractivity contribution is 7.10. The highest BCUT2D eigenvalue weighted by Crippen LogP contribution is 2.21. The number of rotatable bonds is 6. The molecule has 1 atom stereocenters. The number of hydrogen-bond acceptors (Lipinski definition) is 3. The van der Waals surface area contributed by atoms with Crippen LogP contribution in [0.5, 0.6) is 0 Å². The zero-order valence-corrected chi connectivity index (χ0v) is 12.0. The molecule has 2 amide bonds. The molecule has 9 heteroatoms. The number of thiophene rings is 1. The van der Waals surface area contributed by atoms with Crippen LogP contribution < -0.4 is 5.32 Å². The number of amides is 2.